The number of aromatic hydroxyl groups is 1. The summed E-state index contributed by atoms with van der Waals surface area (Å²) in [5.74, 6) is 0.336. The van der Waals surface area contributed by atoms with Gasteiger partial charge in [0.15, 0.2) is 4.60 Å². The minimum Gasteiger partial charge on any atom is -0.501 e. The number of pyridine rings is 1. The van der Waals surface area contributed by atoms with Gasteiger partial charge >= 0.3 is 5.82 Å². The Morgan fingerprint density at radius 3 is 2.67 bits per heavy atom. The number of nitrogen functional groups attached to an aromatic ring is 1. The second-order valence-corrected chi connectivity index (χ2v) is 2.46. The fourth-order valence-electron chi connectivity index (χ4n) is 0.476. The molecule has 1 aromatic rings. The van der Waals surface area contributed by atoms with Crippen LogP contribution in [0, 0.1) is 0 Å². The van der Waals surface area contributed by atoms with Crippen LogP contribution in [0.15, 0.2) is 16.7 Å². The lowest BCUT2D eigenvalue weighted by atomic mass is 10.4. The van der Waals surface area contributed by atoms with Crippen LogP contribution in [0.1, 0.15) is 0 Å². The van der Waals surface area contributed by atoms with Crippen molar-refractivity contribution in [2.75, 3.05) is 5.73 Å². The summed E-state index contributed by atoms with van der Waals surface area (Å²) < 4.78 is 0.748. The van der Waals surface area contributed by atoms with E-state index in [1.165, 1.54) is 6.07 Å². The maximum atomic E-state index is 8.87. The first-order valence-corrected chi connectivity index (χ1v) is 3.15. The van der Waals surface area contributed by atoms with Crippen molar-refractivity contribution in [2.45, 2.75) is 0 Å². The molecular weight excluding hydrogens is 184 g/mol. The molecule has 0 aromatic carbocycles. The average molecular weight is 190 g/mol. The Hall–Kier alpha value is -0.770. The molecule has 0 amide bonds. The monoisotopic (exact) mass is 189 g/mol. The van der Waals surface area contributed by atoms with Gasteiger partial charge in [-0.25, -0.2) is 4.98 Å². The number of anilines is 1. The van der Waals surface area contributed by atoms with Crippen molar-refractivity contribution in [1.82, 2.24) is 0 Å². The number of nitrogens with one attached hydrogen (secondary N) is 1. The normalized spacial score (nSPS) is 9.44. The van der Waals surface area contributed by atoms with E-state index in [0.29, 0.717) is 0 Å². The van der Waals surface area contributed by atoms with E-state index >= 15 is 0 Å². The first-order valence-electron chi connectivity index (χ1n) is 2.36. The maximum Gasteiger partial charge on any atom is 0.313 e. The molecule has 1 aromatic heterocycles. The molecule has 1 heterocycles. The third-order valence-corrected chi connectivity index (χ3v) is 1.38. The van der Waals surface area contributed by atoms with Gasteiger partial charge in [0.25, 0.3) is 0 Å². The molecule has 9 heavy (non-hydrogen) atoms. The largest absolute Gasteiger partial charge is 0.501 e. The van der Waals surface area contributed by atoms with Gasteiger partial charge in [0.1, 0.15) is 0 Å². The number of hydrogen-bond donors (Lipinski definition) is 2. The highest BCUT2D eigenvalue weighted by molar-refractivity contribution is 9.10. The molecule has 48 valence electrons. The lowest BCUT2D eigenvalue weighted by molar-refractivity contribution is -0.375. The summed E-state index contributed by atoms with van der Waals surface area (Å²) in [6.07, 6.45) is 0. The van der Waals surface area contributed by atoms with Crippen LogP contribution in [0.4, 0.5) is 5.82 Å². The number of aromatic amines is 1. The number of halogens is 1. The number of hydrogen-bond acceptors (Lipinski definition) is 2. The molecule has 0 aliphatic heterocycles. The standard InChI is InChI=1S/C5H5BrN2O/c6-4-2-1-3(9)5(7)8-4/h1-2,9H,(H2,7,8)/p+1. The maximum absolute atomic E-state index is 8.87. The Balaban J connectivity index is 3.17. The van der Waals surface area contributed by atoms with Crippen molar-refractivity contribution in [2.24, 2.45) is 0 Å². The summed E-state index contributed by atoms with van der Waals surface area (Å²) in [6, 6.07) is 3.18. The molecule has 0 aliphatic rings. The Morgan fingerprint density at radius 2 is 2.22 bits per heavy atom. The number of nitrogens with two attached hydrogens (primary N) is 1. The summed E-state index contributed by atoms with van der Waals surface area (Å²) in [5, 5.41) is 8.87. The van der Waals surface area contributed by atoms with Gasteiger partial charge < -0.3 is 5.11 Å². The lowest BCUT2D eigenvalue weighted by Gasteiger charge is -1.89. The molecule has 0 unspecified atom stereocenters. The van der Waals surface area contributed by atoms with Gasteiger partial charge in [-0.05, 0) is 28.1 Å². The number of aromatic nitrogens is 1. The van der Waals surface area contributed by atoms with E-state index in [9.17, 15) is 0 Å². The van der Waals surface area contributed by atoms with Crippen molar-refractivity contribution < 1.29 is 10.1 Å². The zero-order valence-corrected chi connectivity index (χ0v) is 6.14. The first kappa shape index (κ1) is 6.35. The number of H-pyrrole nitrogens is 1. The quantitative estimate of drug-likeness (QED) is 0.587. The molecule has 4 N–H and O–H groups in total. The topological polar surface area (TPSA) is 60.4 Å². The third kappa shape index (κ3) is 1.32. The molecular formula is C5H6BrN2O+. The summed E-state index contributed by atoms with van der Waals surface area (Å²) in [5.41, 5.74) is 5.29. The van der Waals surface area contributed by atoms with Crippen molar-refractivity contribution in [3.05, 3.63) is 16.7 Å². The van der Waals surface area contributed by atoms with E-state index in [1.807, 2.05) is 0 Å². The lowest BCUT2D eigenvalue weighted by Crippen LogP contribution is -2.10. The van der Waals surface area contributed by atoms with Gasteiger partial charge in [-0.1, -0.05) is 0 Å². The predicted octanol–water partition coefficient (Wildman–Crippen LogP) is 0.551. The van der Waals surface area contributed by atoms with Crippen LogP contribution in [-0.4, -0.2) is 5.11 Å². The van der Waals surface area contributed by atoms with Gasteiger partial charge in [0, 0.05) is 0 Å². The van der Waals surface area contributed by atoms with Crippen LogP contribution >= 0.6 is 15.9 Å². The van der Waals surface area contributed by atoms with Gasteiger partial charge in [0.05, 0.1) is 0 Å². The van der Waals surface area contributed by atoms with Gasteiger partial charge in [0.2, 0.25) is 5.75 Å². The molecule has 0 fully saturated rings. The number of rotatable bonds is 0. The summed E-state index contributed by atoms with van der Waals surface area (Å²) in [4.78, 5) is 2.68. The fourth-order valence-corrected chi connectivity index (χ4v) is 0.822. The fraction of sp³-hybridized carbons (Fsp3) is 0. The Bertz CT molecular complexity index is 226. The van der Waals surface area contributed by atoms with Crippen LogP contribution in [0.3, 0.4) is 0 Å². The van der Waals surface area contributed by atoms with Crippen molar-refractivity contribution in [3.63, 3.8) is 0 Å². The second-order valence-electron chi connectivity index (χ2n) is 1.61. The highest BCUT2D eigenvalue weighted by Gasteiger charge is 2.01. The van der Waals surface area contributed by atoms with E-state index in [0.717, 1.165) is 4.60 Å². The van der Waals surface area contributed by atoms with Crippen LogP contribution in [0.2, 0.25) is 0 Å². The molecule has 0 radical (unpaired) electrons. The predicted molar refractivity (Wildman–Crippen MR) is 36.8 cm³/mol. The van der Waals surface area contributed by atoms with E-state index in [1.54, 1.807) is 6.07 Å². The van der Waals surface area contributed by atoms with Crippen LogP contribution in [0.25, 0.3) is 0 Å². The highest BCUT2D eigenvalue weighted by atomic mass is 79.9. The van der Waals surface area contributed by atoms with E-state index in [4.69, 9.17) is 10.8 Å². The molecule has 0 aliphatic carbocycles. The Morgan fingerprint density at radius 1 is 1.56 bits per heavy atom. The van der Waals surface area contributed by atoms with Crippen LogP contribution in [0.5, 0.6) is 5.75 Å². The molecule has 4 heteroatoms. The smallest absolute Gasteiger partial charge is 0.313 e. The zero-order chi connectivity index (χ0) is 6.85. The molecule has 0 atom stereocenters. The van der Waals surface area contributed by atoms with Crippen LogP contribution < -0.4 is 10.7 Å². The van der Waals surface area contributed by atoms with Gasteiger partial charge in [-0.3, -0.25) is 5.73 Å². The third-order valence-electron chi connectivity index (χ3n) is 0.918. The molecule has 0 saturated carbocycles. The first-order chi connectivity index (χ1) is 4.20. The minimum atomic E-state index is 0.0678. The van der Waals surface area contributed by atoms with Crippen molar-refractivity contribution in [1.29, 1.82) is 0 Å². The van der Waals surface area contributed by atoms with E-state index in [2.05, 4.69) is 20.9 Å². The average Bonchev–Trinajstić information content (AvgIpc) is 1.80. The summed E-state index contributed by atoms with van der Waals surface area (Å²) in [6.45, 7) is 0. The SMILES string of the molecule is Nc1[nH+]c(Br)ccc1O. The van der Waals surface area contributed by atoms with Crippen molar-refractivity contribution >= 4 is 21.7 Å². The van der Waals surface area contributed by atoms with E-state index < -0.39 is 0 Å². The summed E-state index contributed by atoms with van der Waals surface area (Å²) in [7, 11) is 0. The van der Waals surface area contributed by atoms with Crippen LogP contribution in [-0.2, 0) is 0 Å². The highest BCUT2D eigenvalue weighted by Crippen LogP contribution is 2.14. The molecule has 1 rings (SSSR count). The zero-order valence-electron chi connectivity index (χ0n) is 4.56. The van der Waals surface area contributed by atoms with Gasteiger partial charge in [-0.2, -0.15) is 0 Å². The van der Waals surface area contributed by atoms with E-state index in [-0.39, 0.29) is 11.6 Å². The summed E-state index contributed by atoms with van der Waals surface area (Å²) >= 11 is 3.15. The Labute approximate surface area is 60.7 Å². The van der Waals surface area contributed by atoms with Gasteiger partial charge in [-0.15, -0.1) is 0 Å². The molecule has 0 saturated heterocycles. The minimum absolute atomic E-state index is 0.0678. The Kier molecular flexibility index (Phi) is 1.57. The molecule has 3 nitrogen and oxygen atoms in total. The van der Waals surface area contributed by atoms with Crippen molar-refractivity contribution in [3.8, 4) is 5.75 Å². The molecule has 0 spiro atoms. The second kappa shape index (κ2) is 2.23. The molecule has 0 bridgehead atoms.